The van der Waals surface area contributed by atoms with E-state index in [0.29, 0.717) is 0 Å². The van der Waals surface area contributed by atoms with Crippen molar-refractivity contribution in [1.82, 2.24) is 10.2 Å². The summed E-state index contributed by atoms with van der Waals surface area (Å²) in [6, 6.07) is -0.296. The van der Waals surface area contributed by atoms with Crippen molar-refractivity contribution in [3.63, 3.8) is 0 Å². The predicted molar refractivity (Wildman–Crippen MR) is 75.1 cm³/mol. The number of thioether (sulfide) groups is 1. The highest BCUT2D eigenvalue weighted by atomic mass is 32.2. The van der Waals surface area contributed by atoms with Gasteiger partial charge in [0.25, 0.3) is 0 Å². The fourth-order valence-electron chi connectivity index (χ4n) is 1.37. The van der Waals surface area contributed by atoms with Gasteiger partial charge in [0.1, 0.15) is 6.54 Å². The van der Waals surface area contributed by atoms with E-state index < -0.39 is 11.5 Å². The predicted octanol–water partition coefficient (Wildman–Crippen LogP) is 2.02. The third-order valence-electron chi connectivity index (χ3n) is 2.29. The van der Waals surface area contributed by atoms with E-state index in [1.165, 1.54) is 4.90 Å². The van der Waals surface area contributed by atoms with Gasteiger partial charge in [0.2, 0.25) is 0 Å². The van der Waals surface area contributed by atoms with Gasteiger partial charge in [0.15, 0.2) is 0 Å². The molecule has 0 saturated carbocycles. The van der Waals surface area contributed by atoms with E-state index in [1.807, 2.05) is 27.7 Å². The molecule has 0 heterocycles. The van der Waals surface area contributed by atoms with E-state index in [1.54, 1.807) is 11.8 Å². The van der Waals surface area contributed by atoms with E-state index in [4.69, 9.17) is 5.11 Å². The van der Waals surface area contributed by atoms with E-state index >= 15 is 0 Å². The van der Waals surface area contributed by atoms with Gasteiger partial charge in [0, 0.05) is 17.3 Å². The van der Waals surface area contributed by atoms with E-state index in [9.17, 15) is 9.59 Å². The fraction of sp³-hybridized carbons (Fsp3) is 0.833. The first-order valence-electron chi connectivity index (χ1n) is 6.06. The van der Waals surface area contributed by atoms with Crippen LogP contribution in [0.2, 0.25) is 0 Å². The van der Waals surface area contributed by atoms with Gasteiger partial charge >= 0.3 is 12.0 Å². The SMILES string of the molecule is CCSCC(C)NC(=O)N(CC(=O)O)C(C)(C)C. The Labute approximate surface area is 113 Å². The molecule has 0 aliphatic carbocycles. The number of rotatable bonds is 6. The number of aliphatic carboxylic acids is 1. The minimum atomic E-state index is -1.00. The van der Waals surface area contributed by atoms with Crippen LogP contribution in [0.1, 0.15) is 34.6 Å². The second-order valence-electron chi connectivity index (χ2n) is 5.16. The first-order chi connectivity index (χ1) is 8.18. The number of carboxylic acids is 1. The molecule has 0 rings (SSSR count). The average Bonchev–Trinajstić information content (AvgIpc) is 2.21. The number of carbonyl (C=O) groups is 2. The molecule has 0 aliphatic rings. The Morgan fingerprint density at radius 3 is 2.33 bits per heavy atom. The molecule has 1 unspecified atom stereocenters. The molecule has 0 aromatic rings. The zero-order chi connectivity index (χ0) is 14.3. The van der Waals surface area contributed by atoms with Gasteiger partial charge in [-0.25, -0.2) is 4.79 Å². The molecule has 0 aliphatic heterocycles. The van der Waals surface area contributed by atoms with Gasteiger partial charge in [-0.2, -0.15) is 11.8 Å². The first-order valence-corrected chi connectivity index (χ1v) is 7.21. The van der Waals surface area contributed by atoms with Crippen molar-refractivity contribution in [3.05, 3.63) is 0 Å². The molecule has 0 bridgehead atoms. The maximum Gasteiger partial charge on any atom is 0.323 e. The smallest absolute Gasteiger partial charge is 0.323 e. The third kappa shape index (κ3) is 6.74. The Morgan fingerprint density at radius 2 is 1.94 bits per heavy atom. The van der Waals surface area contributed by atoms with Crippen LogP contribution in [0.4, 0.5) is 4.79 Å². The maximum absolute atomic E-state index is 12.0. The number of urea groups is 1. The van der Waals surface area contributed by atoms with Crippen molar-refractivity contribution in [1.29, 1.82) is 0 Å². The summed E-state index contributed by atoms with van der Waals surface area (Å²) in [4.78, 5) is 24.2. The minimum Gasteiger partial charge on any atom is -0.480 e. The van der Waals surface area contributed by atoms with Crippen LogP contribution in [-0.2, 0) is 4.79 Å². The van der Waals surface area contributed by atoms with Crippen LogP contribution >= 0.6 is 11.8 Å². The van der Waals surface area contributed by atoms with Crippen molar-refractivity contribution in [3.8, 4) is 0 Å². The van der Waals surface area contributed by atoms with Crippen LogP contribution in [-0.4, -0.2) is 51.6 Å². The molecular formula is C12H24N2O3S. The third-order valence-corrected chi connectivity index (χ3v) is 3.43. The molecule has 0 aromatic carbocycles. The van der Waals surface area contributed by atoms with Crippen molar-refractivity contribution in [2.24, 2.45) is 0 Å². The minimum absolute atomic E-state index is 0.0288. The largest absolute Gasteiger partial charge is 0.480 e. The molecule has 0 spiro atoms. The quantitative estimate of drug-likeness (QED) is 0.778. The lowest BCUT2D eigenvalue weighted by atomic mass is 10.1. The van der Waals surface area contributed by atoms with Crippen LogP contribution in [0.25, 0.3) is 0 Å². The Morgan fingerprint density at radius 1 is 1.39 bits per heavy atom. The zero-order valence-electron chi connectivity index (χ0n) is 11.8. The molecule has 0 aromatic heterocycles. The summed E-state index contributed by atoms with van der Waals surface area (Å²) in [6.45, 7) is 9.15. The molecule has 0 saturated heterocycles. The molecule has 6 heteroatoms. The zero-order valence-corrected chi connectivity index (χ0v) is 12.6. The Hall–Kier alpha value is -0.910. The number of nitrogens with one attached hydrogen (secondary N) is 1. The molecule has 1 atom stereocenters. The Balaban J connectivity index is 4.52. The molecule has 106 valence electrons. The first kappa shape index (κ1) is 17.1. The molecule has 18 heavy (non-hydrogen) atoms. The highest BCUT2D eigenvalue weighted by Crippen LogP contribution is 2.13. The normalized spacial score (nSPS) is 12.9. The lowest BCUT2D eigenvalue weighted by Crippen LogP contribution is -2.54. The van der Waals surface area contributed by atoms with Crippen molar-refractivity contribution in [2.75, 3.05) is 18.1 Å². The van der Waals surface area contributed by atoms with Gasteiger partial charge < -0.3 is 15.3 Å². The molecule has 2 amide bonds. The van der Waals surface area contributed by atoms with Crippen LogP contribution < -0.4 is 5.32 Å². The second kappa shape index (κ2) is 7.51. The summed E-state index contributed by atoms with van der Waals surface area (Å²) >= 11 is 1.74. The second-order valence-corrected chi connectivity index (χ2v) is 6.48. The molecule has 0 fully saturated rings. The van der Waals surface area contributed by atoms with Gasteiger partial charge in [-0.05, 0) is 33.4 Å². The summed E-state index contributed by atoms with van der Waals surface area (Å²) in [5.74, 6) is 0.821. The molecule has 2 N–H and O–H groups in total. The standard InChI is InChI=1S/C12H24N2O3S/c1-6-18-8-9(2)13-11(17)14(7-10(15)16)12(3,4)5/h9H,6-8H2,1-5H3,(H,13,17)(H,15,16). The van der Waals surface area contributed by atoms with Crippen LogP contribution in [0.5, 0.6) is 0 Å². The number of hydrogen-bond acceptors (Lipinski definition) is 3. The van der Waals surface area contributed by atoms with E-state index in [2.05, 4.69) is 12.2 Å². The maximum atomic E-state index is 12.0. The lowest BCUT2D eigenvalue weighted by molar-refractivity contribution is -0.138. The summed E-state index contributed by atoms with van der Waals surface area (Å²) in [5, 5.41) is 11.7. The van der Waals surface area contributed by atoms with Crippen LogP contribution in [0.3, 0.4) is 0 Å². The lowest BCUT2D eigenvalue weighted by Gasteiger charge is -2.35. The summed E-state index contributed by atoms with van der Waals surface area (Å²) < 4.78 is 0. The summed E-state index contributed by atoms with van der Waals surface area (Å²) in [5.41, 5.74) is -0.514. The molecule has 5 nitrogen and oxygen atoms in total. The number of amides is 2. The number of carbonyl (C=O) groups excluding carboxylic acids is 1. The van der Waals surface area contributed by atoms with Gasteiger partial charge in [-0.15, -0.1) is 0 Å². The summed E-state index contributed by atoms with van der Waals surface area (Å²) in [6.07, 6.45) is 0. The fourth-order valence-corrected chi connectivity index (χ4v) is 2.05. The van der Waals surface area contributed by atoms with Crippen molar-refractivity contribution in [2.45, 2.75) is 46.2 Å². The molecular weight excluding hydrogens is 252 g/mol. The van der Waals surface area contributed by atoms with Gasteiger partial charge in [-0.1, -0.05) is 6.92 Å². The molecule has 0 radical (unpaired) electrons. The Kier molecular flexibility index (Phi) is 7.13. The average molecular weight is 276 g/mol. The Bertz CT molecular complexity index is 290. The van der Waals surface area contributed by atoms with Gasteiger partial charge in [-0.3, -0.25) is 4.79 Å². The van der Waals surface area contributed by atoms with Gasteiger partial charge in [0.05, 0.1) is 0 Å². The summed E-state index contributed by atoms with van der Waals surface area (Å²) in [7, 11) is 0. The topological polar surface area (TPSA) is 69.6 Å². The highest BCUT2D eigenvalue weighted by molar-refractivity contribution is 7.99. The number of nitrogens with zero attached hydrogens (tertiary/aromatic N) is 1. The monoisotopic (exact) mass is 276 g/mol. The van der Waals surface area contributed by atoms with E-state index in [-0.39, 0.29) is 18.6 Å². The van der Waals surface area contributed by atoms with Crippen molar-refractivity contribution < 1.29 is 14.7 Å². The van der Waals surface area contributed by atoms with Crippen LogP contribution in [0, 0.1) is 0 Å². The number of hydrogen-bond donors (Lipinski definition) is 2. The van der Waals surface area contributed by atoms with Crippen LogP contribution in [0.15, 0.2) is 0 Å². The van der Waals surface area contributed by atoms with Crippen molar-refractivity contribution >= 4 is 23.8 Å². The number of carboxylic acid groups (broad SMARTS) is 1. The van der Waals surface area contributed by atoms with E-state index in [0.717, 1.165) is 11.5 Å². The highest BCUT2D eigenvalue weighted by Gasteiger charge is 2.28.